The van der Waals surface area contributed by atoms with Gasteiger partial charge in [0.25, 0.3) is 6.08 Å². The van der Waals surface area contributed by atoms with Crippen LogP contribution in [0.5, 0.6) is 0 Å². The first kappa shape index (κ1) is 19.6. The molecule has 2 rings (SSSR count). The monoisotopic (exact) mass is 368 g/mol. The molecule has 0 saturated carbocycles. The molecule has 0 spiro atoms. The first-order valence-corrected chi connectivity index (χ1v) is 8.38. The first-order chi connectivity index (χ1) is 12.4. The van der Waals surface area contributed by atoms with Crippen LogP contribution in [0.3, 0.4) is 0 Å². The maximum absolute atomic E-state index is 12.6. The number of hydrogen-bond donors (Lipinski definition) is 3. The Hall–Kier alpha value is -2.71. The van der Waals surface area contributed by atoms with E-state index in [1.54, 1.807) is 12.1 Å². The highest BCUT2D eigenvalue weighted by atomic mass is 19.3. The number of nitrogens with one attached hydrogen (secondary N) is 1. The highest BCUT2D eigenvalue weighted by Crippen LogP contribution is 2.22. The second-order valence-corrected chi connectivity index (χ2v) is 6.17. The SMILES string of the molecule is Nc1ccc(CCCC(NC(=O)O)C(=O)N2CCC(=C(F)F)CC2)nc1. The maximum atomic E-state index is 12.6. The number of hydrogen-bond acceptors (Lipinski definition) is 4. The lowest BCUT2D eigenvalue weighted by molar-refractivity contribution is -0.134. The van der Waals surface area contributed by atoms with Crippen molar-refractivity contribution in [3.05, 3.63) is 35.7 Å². The van der Waals surface area contributed by atoms with Gasteiger partial charge in [-0.2, -0.15) is 8.78 Å². The number of nitrogen functional groups attached to an aromatic ring is 1. The van der Waals surface area contributed by atoms with Gasteiger partial charge < -0.3 is 21.1 Å². The van der Waals surface area contributed by atoms with E-state index >= 15 is 0 Å². The van der Waals surface area contributed by atoms with Crippen molar-refractivity contribution >= 4 is 17.7 Å². The summed E-state index contributed by atoms with van der Waals surface area (Å²) < 4.78 is 25.2. The van der Waals surface area contributed by atoms with E-state index < -0.39 is 18.2 Å². The van der Waals surface area contributed by atoms with E-state index in [-0.39, 0.29) is 37.4 Å². The van der Waals surface area contributed by atoms with Crippen LogP contribution in [0, 0.1) is 0 Å². The summed E-state index contributed by atoms with van der Waals surface area (Å²) in [7, 11) is 0. The third kappa shape index (κ3) is 5.68. The Balaban J connectivity index is 1.91. The fourth-order valence-electron chi connectivity index (χ4n) is 2.88. The number of aryl methyl sites for hydroxylation is 1. The largest absolute Gasteiger partial charge is 0.465 e. The summed E-state index contributed by atoms with van der Waals surface area (Å²) in [5.41, 5.74) is 6.98. The van der Waals surface area contributed by atoms with Gasteiger partial charge in [-0.1, -0.05) is 0 Å². The van der Waals surface area contributed by atoms with Crippen molar-refractivity contribution in [3.8, 4) is 0 Å². The predicted octanol–water partition coefficient (Wildman–Crippen LogP) is 2.40. The van der Waals surface area contributed by atoms with Gasteiger partial charge in [-0.25, -0.2) is 4.79 Å². The van der Waals surface area contributed by atoms with Crippen LogP contribution in [-0.4, -0.2) is 46.1 Å². The number of pyridine rings is 1. The zero-order valence-corrected chi connectivity index (χ0v) is 14.3. The normalized spacial score (nSPS) is 15.5. The number of piperidine rings is 1. The van der Waals surface area contributed by atoms with Crippen molar-refractivity contribution in [1.29, 1.82) is 0 Å². The molecule has 7 nitrogen and oxygen atoms in total. The van der Waals surface area contributed by atoms with Gasteiger partial charge >= 0.3 is 6.09 Å². The molecule has 1 aliphatic heterocycles. The number of nitrogens with two attached hydrogens (primary N) is 1. The van der Waals surface area contributed by atoms with Crippen LogP contribution in [0.15, 0.2) is 30.0 Å². The second-order valence-electron chi connectivity index (χ2n) is 6.17. The van der Waals surface area contributed by atoms with E-state index in [2.05, 4.69) is 10.3 Å². The Labute approximate surface area is 149 Å². The van der Waals surface area contributed by atoms with E-state index in [1.165, 1.54) is 11.1 Å². The molecule has 0 bridgehead atoms. The summed E-state index contributed by atoms with van der Waals surface area (Å²) in [5, 5.41) is 11.2. The molecule has 0 aromatic carbocycles. The molecule has 0 radical (unpaired) electrons. The molecule has 2 heterocycles. The number of likely N-dealkylation sites (tertiary alicyclic amines) is 1. The van der Waals surface area contributed by atoms with Crippen molar-refractivity contribution < 1.29 is 23.5 Å². The Morgan fingerprint density at radius 3 is 2.54 bits per heavy atom. The molecule has 1 aromatic heterocycles. The minimum absolute atomic E-state index is 0.0613. The van der Waals surface area contributed by atoms with Gasteiger partial charge in [-0.05, 0) is 49.8 Å². The second kappa shape index (κ2) is 9.12. The summed E-state index contributed by atoms with van der Waals surface area (Å²) in [6.07, 6.45) is 0.211. The first-order valence-electron chi connectivity index (χ1n) is 8.38. The molecule has 0 aliphatic carbocycles. The topological polar surface area (TPSA) is 109 Å². The third-order valence-electron chi connectivity index (χ3n) is 4.32. The van der Waals surface area contributed by atoms with Crippen LogP contribution in [-0.2, 0) is 11.2 Å². The highest BCUT2D eigenvalue weighted by molar-refractivity contribution is 5.85. The maximum Gasteiger partial charge on any atom is 0.405 e. The molecule has 26 heavy (non-hydrogen) atoms. The minimum Gasteiger partial charge on any atom is -0.465 e. The lowest BCUT2D eigenvalue weighted by Crippen LogP contribution is -2.50. The molecule has 2 amide bonds. The molecule has 1 saturated heterocycles. The molecule has 142 valence electrons. The highest BCUT2D eigenvalue weighted by Gasteiger charge is 2.28. The summed E-state index contributed by atoms with van der Waals surface area (Å²) in [4.78, 5) is 29.2. The molecule has 1 aliphatic rings. The van der Waals surface area contributed by atoms with Crippen LogP contribution in [0.2, 0.25) is 0 Å². The zero-order valence-electron chi connectivity index (χ0n) is 14.3. The van der Waals surface area contributed by atoms with Gasteiger partial charge in [-0.3, -0.25) is 9.78 Å². The number of aromatic nitrogens is 1. The number of nitrogens with zero attached hydrogens (tertiary/aromatic N) is 2. The number of carboxylic acid groups (broad SMARTS) is 1. The Morgan fingerprint density at radius 1 is 1.31 bits per heavy atom. The quantitative estimate of drug-likeness (QED) is 0.714. The van der Waals surface area contributed by atoms with Crippen molar-refractivity contribution in [2.75, 3.05) is 18.8 Å². The van der Waals surface area contributed by atoms with Crippen LogP contribution in [0.1, 0.15) is 31.4 Å². The molecule has 4 N–H and O–H groups in total. The number of carbonyl (C=O) groups is 2. The lowest BCUT2D eigenvalue weighted by atomic mass is 10.0. The predicted molar refractivity (Wildman–Crippen MR) is 91.6 cm³/mol. The fraction of sp³-hybridized carbons (Fsp3) is 0.471. The van der Waals surface area contributed by atoms with Crippen molar-refractivity contribution in [3.63, 3.8) is 0 Å². The van der Waals surface area contributed by atoms with Gasteiger partial charge in [0, 0.05) is 18.8 Å². The van der Waals surface area contributed by atoms with Gasteiger partial charge in [0.05, 0.1) is 11.9 Å². The molecule has 1 aromatic rings. The molecular weight excluding hydrogens is 346 g/mol. The van der Waals surface area contributed by atoms with E-state index in [4.69, 9.17) is 10.8 Å². The summed E-state index contributed by atoms with van der Waals surface area (Å²) in [6.45, 7) is 0.339. The summed E-state index contributed by atoms with van der Waals surface area (Å²) in [6, 6.07) is 2.60. The lowest BCUT2D eigenvalue weighted by Gasteiger charge is -2.31. The third-order valence-corrected chi connectivity index (χ3v) is 4.32. The van der Waals surface area contributed by atoms with Crippen LogP contribution >= 0.6 is 0 Å². The molecule has 1 unspecified atom stereocenters. The Morgan fingerprint density at radius 2 is 2.00 bits per heavy atom. The smallest absolute Gasteiger partial charge is 0.405 e. The van der Waals surface area contributed by atoms with Gasteiger partial charge in [-0.15, -0.1) is 0 Å². The standard InChI is InChI=1S/C17H22F2N4O3/c18-15(19)11-6-8-23(9-7-11)16(24)14(22-17(25)26)3-1-2-13-5-4-12(20)10-21-13/h4-5,10,14,22H,1-3,6-9,20H2,(H,25,26). The van der Waals surface area contributed by atoms with E-state index in [0.717, 1.165) is 5.69 Å². The molecule has 1 fully saturated rings. The average molecular weight is 368 g/mol. The minimum atomic E-state index is -1.69. The van der Waals surface area contributed by atoms with E-state index in [9.17, 15) is 18.4 Å². The van der Waals surface area contributed by atoms with Gasteiger partial charge in [0.15, 0.2) is 0 Å². The zero-order chi connectivity index (χ0) is 19.1. The van der Waals surface area contributed by atoms with Gasteiger partial charge in [0.1, 0.15) is 6.04 Å². The van der Waals surface area contributed by atoms with Crippen LogP contribution in [0.25, 0.3) is 0 Å². The number of anilines is 1. The van der Waals surface area contributed by atoms with Crippen LogP contribution in [0.4, 0.5) is 19.3 Å². The van der Waals surface area contributed by atoms with Crippen molar-refractivity contribution in [2.45, 2.75) is 38.1 Å². The number of amides is 2. The average Bonchev–Trinajstić information content (AvgIpc) is 2.61. The fourth-order valence-corrected chi connectivity index (χ4v) is 2.88. The van der Waals surface area contributed by atoms with E-state index in [0.29, 0.717) is 24.9 Å². The number of halogens is 2. The molecule has 1 atom stereocenters. The Bertz CT molecular complexity index is 665. The molecule has 9 heteroatoms. The van der Waals surface area contributed by atoms with Crippen LogP contribution < -0.4 is 11.1 Å². The van der Waals surface area contributed by atoms with Gasteiger partial charge in [0.2, 0.25) is 5.91 Å². The van der Waals surface area contributed by atoms with E-state index in [1.807, 2.05) is 0 Å². The van der Waals surface area contributed by atoms with Crippen molar-refractivity contribution in [1.82, 2.24) is 15.2 Å². The van der Waals surface area contributed by atoms with Crippen molar-refractivity contribution in [2.24, 2.45) is 0 Å². The molecular formula is C17H22F2N4O3. The Kier molecular flexibility index (Phi) is 6.88. The summed E-state index contributed by atoms with van der Waals surface area (Å²) in [5.74, 6) is -0.379. The number of rotatable bonds is 6. The summed E-state index contributed by atoms with van der Waals surface area (Å²) >= 11 is 0. The number of carbonyl (C=O) groups excluding carboxylic acids is 1.